The van der Waals surface area contributed by atoms with Gasteiger partial charge in [-0.15, -0.1) is 0 Å². The number of rotatable bonds is 7. The Kier molecular flexibility index (Phi) is 6.25. The van der Waals surface area contributed by atoms with E-state index in [1.807, 2.05) is 7.05 Å². The van der Waals surface area contributed by atoms with Crippen LogP contribution >= 0.6 is 0 Å². The highest BCUT2D eigenvalue weighted by molar-refractivity contribution is 5.75. The minimum atomic E-state index is -0.211. The van der Waals surface area contributed by atoms with Crippen LogP contribution in [0.1, 0.15) is 18.4 Å². The number of amides is 1. The number of nitrogens with one attached hydrogen (secondary N) is 2. The van der Waals surface area contributed by atoms with Crippen molar-refractivity contribution in [2.45, 2.75) is 19.3 Å². The second-order valence-corrected chi connectivity index (χ2v) is 3.90. The third-order valence-corrected chi connectivity index (χ3v) is 2.50. The number of carbonyl (C=O) groups excluding carboxylic acids is 1. The summed E-state index contributed by atoms with van der Waals surface area (Å²) in [6.45, 7) is 1.32. The van der Waals surface area contributed by atoms with Gasteiger partial charge >= 0.3 is 0 Å². The van der Waals surface area contributed by atoms with Gasteiger partial charge in [0.2, 0.25) is 5.91 Å². The normalized spacial score (nSPS) is 10.2. The summed E-state index contributed by atoms with van der Waals surface area (Å²) >= 11 is 0. The van der Waals surface area contributed by atoms with Gasteiger partial charge in [-0.05, 0) is 38.1 Å². The van der Waals surface area contributed by atoms with Crippen LogP contribution in [0.5, 0.6) is 0 Å². The fraction of sp³-hybridized carbons (Fsp3) is 0.462. The summed E-state index contributed by atoms with van der Waals surface area (Å²) in [7, 11) is 1.86. The van der Waals surface area contributed by atoms with E-state index in [1.54, 1.807) is 18.2 Å². The molecule has 4 heteroatoms. The van der Waals surface area contributed by atoms with Gasteiger partial charge in [-0.2, -0.15) is 0 Å². The molecule has 0 saturated heterocycles. The fourth-order valence-corrected chi connectivity index (χ4v) is 1.55. The summed E-state index contributed by atoms with van der Waals surface area (Å²) < 4.78 is 13.2. The standard InChI is InChI=1S/C13H19FN2O/c1-15-9-4-7-13(17)16-10-8-11-5-2-3-6-12(11)14/h2-3,5-6,15H,4,7-10H2,1H3,(H,16,17). The van der Waals surface area contributed by atoms with Crippen molar-refractivity contribution in [3.05, 3.63) is 35.6 Å². The number of hydrogen-bond acceptors (Lipinski definition) is 2. The minimum absolute atomic E-state index is 0.0246. The molecule has 0 unspecified atom stereocenters. The van der Waals surface area contributed by atoms with Crippen LogP contribution in [-0.2, 0) is 11.2 Å². The Balaban J connectivity index is 2.19. The van der Waals surface area contributed by atoms with Crippen LogP contribution in [-0.4, -0.2) is 26.0 Å². The lowest BCUT2D eigenvalue weighted by Crippen LogP contribution is -2.26. The van der Waals surface area contributed by atoms with Gasteiger partial charge in [0, 0.05) is 13.0 Å². The maximum absolute atomic E-state index is 13.2. The van der Waals surface area contributed by atoms with Crippen LogP contribution in [0.3, 0.4) is 0 Å². The molecular formula is C13H19FN2O. The SMILES string of the molecule is CNCCCC(=O)NCCc1ccccc1F. The lowest BCUT2D eigenvalue weighted by molar-refractivity contribution is -0.121. The Morgan fingerprint density at radius 3 is 2.76 bits per heavy atom. The first-order valence-electron chi connectivity index (χ1n) is 5.88. The van der Waals surface area contributed by atoms with E-state index in [0.29, 0.717) is 24.9 Å². The van der Waals surface area contributed by atoms with E-state index in [1.165, 1.54) is 6.07 Å². The Morgan fingerprint density at radius 1 is 1.29 bits per heavy atom. The molecule has 0 radical (unpaired) electrons. The Morgan fingerprint density at radius 2 is 2.06 bits per heavy atom. The second-order valence-electron chi connectivity index (χ2n) is 3.90. The van der Waals surface area contributed by atoms with Crippen molar-refractivity contribution in [1.29, 1.82) is 0 Å². The molecule has 1 aromatic carbocycles. The van der Waals surface area contributed by atoms with Crippen molar-refractivity contribution in [3.63, 3.8) is 0 Å². The van der Waals surface area contributed by atoms with E-state index in [0.717, 1.165) is 13.0 Å². The van der Waals surface area contributed by atoms with E-state index in [9.17, 15) is 9.18 Å². The lowest BCUT2D eigenvalue weighted by Gasteiger charge is -2.06. The molecule has 0 saturated carbocycles. The molecule has 2 N–H and O–H groups in total. The summed E-state index contributed by atoms with van der Waals surface area (Å²) in [5, 5.41) is 5.77. The monoisotopic (exact) mass is 238 g/mol. The van der Waals surface area contributed by atoms with Crippen LogP contribution < -0.4 is 10.6 Å². The van der Waals surface area contributed by atoms with Crippen LogP contribution in [0, 0.1) is 5.82 Å². The molecule has 0 heterocycles. The van der Waals surface area contributed by atoms with Gasteiger partial charge < -0.3 is 10.6 Å². The van der Waals surface area contributed by atoms with Gasteiger partial charge in [0.15, 0.2) is 0 Å². The topological polar surface area (TPSA) is 41.1 Å². The Hall–Kier alpha value is -1.42. The summed E-state index contributed by atoms with van der Waals surface area (Å²) in [5.74, 6) is -0.187. The molecule has 1 rings (SSSR count). The van der Waals surface area contributed by atoms with Gasteiger partial charge in [0.1, 0.15) is 5.82 Å². The average Bonchev–Trinajstić information content (AvgIpc) is 2.32. The van der Waals surface area contributed by atoms with Crippen molar-refractivity contribution >= 4 is 5.91 Å². The molecule has 94 valence electrons. The number of hydrogen-bond donors (Lipinski definition) is 2. The van der Waals surface area contributed by atoms with Gasteiger partial charge in [0.25, 0.3) is 0 Å². The summed E-state index contributed by atoms with van der Waals surface area (Å²) in [4.78, 5) is 11.4. The van der Waals surface area contributed by atoms with E-state index in [2.05, 4.69) is 10.6 Å². The molecule has 0 atom stereocenters. The molecule has 1 aromatic rings. The lowest BCUT2D eigenvalue weighted by atomic mass is 10.1. The maximum Gasteiger partial charge on any atom is 0.220 e. The first-order chi connectivity index (χ1) is 8.24. The first-order valence-corrected chi connectivity index (χ1v) is 5.88. The van der Waals surface area contributed by atoms with Crippen molar-refractivity contribution in [2.75, 3.05) is 20.1 Å². The molecule has 0 bridgehead atoms. The Labute approximate surface area is 101 Å². The molecule has 1 amide bonds. The quantitative estimate of drug-likeness (QED) is 0.707. The second kappa shape index (κ2) is 7.79. The molecule has 0 aliphatic carbocycles. The first kappa shape index (κ1) is 13.6. The molecule has 3 nitrogen and oxygen atoms in total. The van der Waals surface area contributed by atoms with Crippen molar-refractivity contribution in [2.24, 2.45) is 0 Å². The number of halogens is 1. The summed E-state index contributed by atoms with van der Waals surface area (Å²) in [6.07, 6.45) is 1.87. The highest BCUT2D eigenvalue weighted by atomic mass is 19.1. The van der Waals surface area contributed by atoms with E-state index in [4.69, 9.17) is 0 Å². The van der Waals surface area contributed by atoms with Crippen LogP contribution in [0.4, 0.5) is 4.39 Å². The van der Waals surface area contributed by atoms with Gasteiger partial charge in [0.05, 0.1) is 0 Å². The summed E-state index contributed by atoms with van der Waals surface area (Å²) in [6, 6.07) is 6.63. The molecule has 0 fully saturated rings. The fourth-order valence-electron chi connectivity index (χ4n) is 1.55. The van der Waals surface area contributed by atoms with Crippen LogP contribution in [0.25, 0.3) is 0 Å². The summed E-state index contributed by atoms with van der Waals surface area (Å²) in [5.41, 5.74) is 0.642. The average molecular weight is 238 g/mol. The maximum atomic E-state index is 13.2. The van der Waals surface area contributed by atoms with E-state index in [-0.39, 0.29) is 11.7 Å². The van der Waals surface area contributed by atoms with Crippen molar-refractivity contribution < 1.29 is 9.18 Å². The molecule has 0 aliphatic rings. The van der Waals surface area contributed by atoms with Gasteiger partial charge in [-0.3, -0.25) is 4.79 Å². The highest BCUT2D eigenvalue weighted by Gasteiger charge is 2.02. The predicted molar refractivity (Wildman–Crippen MR) is 66.3 cm³/mol. The zero-order valence-corrected chi connectivity index (χ0v) is 10.1. The van der Waals surface area contributed by atoms with E-state index >= 15 is 0 Å². The highest BCUT2D eigenvalue weighted by Crippen LogP contribution is 2.06. The predicted octanol–water partition coefficient (Wildman–Crippen LogP) is 1.48. The number of carbonyl (C=O) groups is 1. The van der Waals surface area contributed by atoms with Gasteiger partial charge in [-0.1, -0.05) is 18.2 Å². The zero-order chi connectivity index (χ0) is 12.5. The third kappa shape index (κ3) is 5.45. The largest absolute Gasteiger partial charge is 0.356 e. The smallest absolute Gasteiger partial charge is 0.220 e. The van der Waals surface area contributed by atoms with Gasteiger partial charge in [-0.25, -0.2) is 4.39 Å². The van der Waals surface area contributed by atoms with Crippen molar-refractivity contribution in [1.82, 2.24) is 10.6 Å². The molecule has 0 aromatic heterocycles. The minimum Gasteiger partial charge on any atom is -0.356 e. The molecular weight excluding hydrogens is 219 g/mol. The third-order valence-electron chi connectivity index (χ3n) is 2.50. The van der Waals surface area contributed by atoms with E-state index < -0.39 is 0 Å². The molecule has 17 heavy (non-hydrogen) atoms. The zero-order valence-electron chi connectivity index (χ0n) is 10.1. The van der Waals surface area contributed by atoms with Crippen molar-refractivity contribution in [3.8, 4) is 0 Å². The molecule has 0 spiro atoms. The Bertz CT molecular complexity index is 355. The number of benzene rings is 1. The van der Waals surface area contributed by atoms with Crippen LogP contribution in [0.15, 0.2) is 24.3 Å². The van der Waals surface area contributed by atoms with Crippen LogP contribution in [0.2, 0.25) is 0 Å². The molecule has 0 aliphatic heterocycles.